The van der Waals surface area contributed by atoms with E-state index in [1.165, 1.54) is 5.56 Å². The fourth-order valence-corrected chi connectivity index (χ4v) is 2.54. The number of aromatic amines is 1. The van der Waals surface area contributed by atoms with E-state index in [2.05, 4.69) is 55.9 Å². The van der Waals surface area contributed by atoms with E-state index in [4.69, 9.17) is 0 Å². The number of imidazole rings is 1. The zero-order chi connectivity index (χ0) is 15.2. The van der Waals surface area contributed by atoms with Crippen LogP contribution in [0.2, 0.25) is 0 Å². The molecule has 0 amide bonds. The van der Waals surface area contributed by atoms with Gasteiger partial charge in [0.25, 0.3) is 0 Å². The van der Waals surface area contributed by atoms with E-state index >= 15 is 0 Å². The number of benzene rings is 1. The molecule has 3 aromatic rings. The van der Waals surface area contributed by atoms with Crippen LogP contribution >= 0.6 is 0 Å². The van der Waals surface area contributed by atoms with Gasteiger partial charge in [-0.15, -0.1) is 0 Å². The van der Waals surface area contributed by atoms with E-state index < -0.39 is 0 Å². The number of hydrogen-bond acceptors (Lipinski definition) is 3. The van der Waals surface area contributed by atoms with Crippen molar-refractivity contribution in [1.82, 2.24) is 24.7 Å². The smallest absolute Gasteiger partial charge is 0.152 e. The molecule has 0 atom stereocenters. The topological polar surface area (TPSA) is 59.4 Å². The Morgan fingerprint density at radius 3 is 2.77 bits per heavy atom. The van der Waals surface area contributed by atoms with Crippen molar-refractivity contribution in [2.45, 2.75) is 39.2 Å². The summed E-state index contributed by atoms with van der Waals surface area (Å²) in [4.78, 5) is 8.91. The van der Waals surface area contributed by atoms with Gasteiger partial charge in [-0.1, -0.05) is 37.3 Å². The molecule has 0 saturated heterocycles. The van der Waals surface area contributed by atoms with E-state index in [0.29, 0.717) is 0 Å². The minimum atomic E-state index is 0.825. The number of rotatable bonds is 7. The van der Waals surface area contributed by atoms with Crippen LogP contribution in [0.3, 0.4) is 0 Å². The van der Waals surface area contributed by atoms with Gasteiger partial charge < -0.3 is 4.57 Å². The Morgan fingerprint density at radius 1 is 1.09 bits per heavy atom. The first kappa shape index (κ1) is 14.5. The highest BCUT2D eigenvalue weighted by molar-refractivity contribution is 5.15. The van der Waals surface area contributed by atoms with Crippen molar-refractivity contribution in [3.63, 3.8) is 0 Å². The summed E-state index contributed by atoms with van der Waals surface area (Å²) in [6.07, 6.45) is 7.51. The molecule has 0 aliphatic rings. The fourth-order valence-electron chi connectivity index (χ4n) is 2.54. The molecule has 2 aromatic heterocycles. The minimum absolute atomic E-state index is 0.825. The number of hydrogen-bond donors (Lipinski definition) is 1. The molecule has 3 rings (SSSR count). The van der Waals surface area contributed by atoms with Gasteiger partial charge >= 0.3 is 0 Å². The Hall–Kier alpha value is -2.43. The summed E-state index contributed by atoms with van der Waals surface area (Å²) in [5.74, 6) is 2.94. The van der Waals surface area contributed by atoms with Gasteiger partial charge in [-0.05, 0) is 12.0 Å². The van der Waals surface area contributed by atoms with Crippen LogP contribution in [0.1, 0.15) is 30.0 Å². The lowest BCUT2D eigenvalue weighted by Gasteiger charge is -2.03. The van der Waals surface area contributed by atoms with Crippen LogP contribution in [0.15, 0.2) is 42.7 Å². The average Bonchev–Trinajstić information content (AvgIpc) is 3.20. The van der Waals surface area contributed by atoms with Gasteiger partial charge in [-0.3, -0.25) is 5.10 Å². The van der Waals surface area contributed by atoms with Gasteiger partial charge in [-0.25, -0.2) is 9.97 Å². The maximum Gasteiger partial charge on any atom is 0.152 e. The second-order valence-corrected chi connectivity index (χ2v) is 5.32. The molecule has 22 heavy (non-hydrogen) atoms. The molecule has 0 bridgehead atoms. The van der Waals surface area contributed by atoms with Crippen molar-refractivity contribution in [3.05, 3.63) is 65.8 Å². The van der Waals surface area contributed by atoms with E-state index in [0.717, 1.165) is 49.7 Å². The van der Waals surface area contributed by atoms with Gasteiger partial charge in [0.2, 0.25) is 0 Å². The van der Waals surface area contributed by atoms with Gasteiger partial charge in [0.1, 0.15) is 11.6 Å². The van der Waals surface area contributed by atoms with Crippen molar-refractivity contribution in [2.24, 2.45) is 0 Å². The zero-order valence-corrected chi connectivity index (χ0v) is 12.9. The Morgan fingerprint density at radius 2 is 1.95 bits per heavy atom. The van der Waals surface area contributed by atoms with Gasteiger partial charge in [0, 0.05) is 38.2 Å². The molecule has 1 aromatic carbocycles. The molecule has 0 radical (unpaired) electrons. The van der Waals surface area contributed by atoms with Crippen molar-refractivity contribution < 1.29 is 0 Å². The predicted octanol–water partition coefficient (Wildman–Crippen LogP) is 2.59. The first-order chi connectivity index (χ1) is 10.8. The largest absolute Gasteiger partial charge is 0.334 e. The van der Waals surface area contributed by atoms with E-state index in [1.807, 2.05) is 18.5 Å². The maximum absolute atomic E-state index is 4.58. The minimum Gasteiger partial charge on any atom is -0.334 e. The molecule has 0 spiro atoms. The summed E-state index contributed by atoms with van der Waals surface area (Å²) >= 11 is 0. The standard InChI is InChI=1S/C17H21N5/c1-2-17-18-11-13-22(17)12-10-16-19-15(20-21-16)9-8-14-6-4-3-5-7-14/h3-7,11,13H,2,8-10,12H2,1H3,(H,19,20,21). The quantitative estimate of drug-likeness (QED) is 0.729. The second kappa shape index (κ2) is 7.02. The number of H-pyrrole nitrogens is 1. The van der Waals surface area contributed by atoms with Crippen LogP contribution in [-0.4, -0.2) is 24.7 Å². The summed E-state index contributed by atoms with van der Waals surface area (Å²) in [5.41, 5.74) is 1.33. The van der Waals surface area contributed by atoms with Gasteiger partial charge in [0.05, 0.1) is 0 Å². The Bertz CT molecular complexity index is 699. The fraction of sp³-hybridized carbons (Fsp3) is 0.353. The first-order valence-corrected chi connectivity index (χ1v) is 7.79. The van der Waals surface area contributed by atoms with E-state index in [9.17, 15) is 0 Å². The van der Waals surface area contributed by atoms with Gasteiger partial charge in [-0.2, -0.15) is 5.10 Å². The molecule has 1 N–H and O–H groups in total. The molecule has 0 saturated carbocycles. The van der Waals surface area contributed by atoms with Crippen LogP contribution in [-0.2, 0) is 32.2 Å². The summed E-state index contributed by atoms with van der Waals surface area (Å²) in [6.45, 7) is 2.99. The van der Waals surface area contributed by atoms with Crippen LogP contribution in [0.4, 0.5) is 0 Å². The first-order valence-electron chi connectivity index (χ1n) is 7.79. The normalized spacial score (nSPS) is 11.0. The number of aromatic nitrogens is 5. The molecule has 0 aliphatic heterocycles. The van der Waals surface area contributed by atoms with Crippen LogP contribution < -0.4 is 0 Å². The van der Waals surface area contributed by atoms with Crippen LogP contribution in [0.25, 0.3) is 0 Å². The number of nitrogens with zero attached hydrogens (tertiary/aromatic N) is 4. The molecule has 5 heteroatoms. The summed E-state index contributed by atoms with van der Waals surface area (Å²) in [6, 6.07) is 10.5. The van der Waals surface area contributed by atoms with Crippen LogP contribution in [0.5, 0.6) is 0 Å². The molecule has 2 heterocycles. The van der Waals surface area contributed by atoms with Crippen LogP contribution in [0, 0.1) is 0 Å². The van der Waals surface area contributed by atoms with E-state index in [-0.39, 0.29) is 0 Å². The third kappa shape index (κ3) is 3.61. The molecule has 0 unspecified atom stereocenters. The molecule has 0 fully saturated rings. The van der Waals surface area contributed by atoms with Crippen molar-refractivity contribution in [2.75, 3.05) is 0 Å². The lowest BCUT2D eigenvalue weighted by Crippen LogP contribution is -2.05. The molecular formula is C17H21N5. The second-order valence-electron chi connectivity index (χ2n) is 5.32. The summed E-state index contributed by atoms with van der Waals surface area (Å²) in [7, 11) is 0. The molecule has 114 valence electrons. The monoisotopic (exact) mass is 295 g/mol. The predicted molar refractivity (Wildman–Crippen MR) is 85.5 cm³/mol. The summed E-state index contributed by atoms with van der Waals surface area (Å²) in [5, 5.41) is 7.36. The Kier molecular flexibility index (Phi) is 4.63. The Labute approximate surface area is 130 Å². The highest BCUT2D eigenvalue weighted by Gasteiger charge is 2.06. The highest BCUT2D eigenvalue weighted by Crippen LogP contribution is 2.05. The molecule has 0 aliphatic carbocycles. The van der Waals surface area contributed by atoms with Crippen molar-refractivity contribution >= 4 is 0 Å². The lowest BCUT2D eigenvalue weighted by atomic mass is 10.1. The van der Waals surface area contributed by atoms with E-state index in [1.54, 1.807) is 0 Å². The zero-order valence-electron chi connectivity index (χ0n) is 12.9. The number of nitrogens with one attached hydrogen (secondary N) is 1. The Balaban J connectivity index is 1.53. The molecule has 5 nitrogen and oxygen atoms in total. The SMILES string of the molecule is CCc1nccn1CCc1n[nH]c(CCc2ccccc2)n1. The van der Waals surface area contributed by atoms with Crippen molar-refractivity contribution in [3.8, 4) is 0 Å². The van der Waals surface area contributed by atoms with Crippen molar-refractivity contribution in [1.29, 1.82) is 0 Å². The summed E-state index contributed by atoms with van der Waals surface area (Å²) < 4.78 is 2.17. The molecular weight excluding hydrogens is 274 g/mol. The third-order valence-electron chi connectivity index (χ3n) is 3.77. The van der Waals surface area contributed by atoms with Gasteiger partial charge in [0.15, 0.2) is 5.82 Å². The number of aryl methyl sites for hydroxylation is 5. The average molecular weight is 295 g/mol. The highest BCUT2D eigenvalue weighted by atomic mass is 15.2. The third-order valence-corrected chi connectivity index (χ3v) is 3.77. The lowest BCUT2D eigenvalue weighted by molar-refractivity contribution is 0.639. The maximum atomic E-state index is 4.58.